The van der Waals surface area contributed by atoms with Gasteiger partial charge in [0.05, 0.1) is 41.2 Å². The van der Waals surface area contributed by atoms with Crippen molar-refractivity contribution in [2.24, 2.45) is 15.0 Å². The third-order valence-electron chi connectivity index (χ3n) is 14.8. The van der Waals surface area contributed by atoms with Crippen molar-refractivity contribution in [3.05, 3.63) is 279 Å². The van der Waals surface area contributed by atoms with E-state index in [9.17, 15) is 9.59 Å². The number of pyridine rings is 2. The number of nitrogens with zero attached hydrogens (tertiary/aromatic N) is 7. The van der Waals surface area contributed by atoms with E-state index < -0.39 is 5.54 Å². The summed E-state index contributed by atoms with van der Waals surface area (Å²) < 4.78 is 2.16. The summed E-state index contributed by atoms with van der Waals surface area (Å²) in [4.78, 5) is 49.0. The third kappa shape index (κ3) is 9.95. The second-order valence-electron chi connectivity index (χ2n) is 19.8. The molecule has 3 aliphatic rings. The second kappa shape index (κ2) is 21.7. The smallest absolute Gasteiger partial charge is 0.266 e. The Kier molecular flexibility index (Phi) is 13.9. The van der Waals surface area contributed by atoms with Gasteiger partial charge >= 0.3 is 0 Å². The van der Waals surface area contributed by atoms with Gasteiger partial charge in [0.15, 0.2) is 0 Å². The van der Waals surface area contributed by atoms with E-state index in [2.05, 4.69) is 127 Å². The number of carbonyl (C=O) groups excluding carboxylic acids is 2. The SMILES string of the molecule is C[C@@H](NC(=O)C1=Nc2cc3c(-c4ccncc4)nn(C(c4ccccc4)(c4ccccc4)c4ccccc4)c3cc2C1)c1cccc(Cl)c1.C[C@@H](NC(=O)C1=Nc2cc3c(cc2C1)CN=C3c1ccncc1)c1cccc(Cl)c1. The van der Waals surface area contributed by atoms with E-state index >= 15 is 0 Å². The first-order valence-electron chi connectivity index (χ1n) is 26.1. The highest BCUT2D eigenvalue weighted by atomic mass is 35.5. The molecule has 2 N–H and O–H groups in total. The molecule has 0 spiro atoms. The summed E-state index contributed by atoms with van der Waals surface area (Å²) in [6, 6.07) is 62.5. The molecule has 0 fully saturated rings. The summed E-state index contributed by atoms with van der Waals surface area (Å²) in [5.41, 5.74) is 15.9. The Morgan fingerprint density at radius 2 is 1.01 bits per heavy atom. The molecule has 13 rings (SSSR count). The van der Waals surface area contributed by atoms with Crippen LogP contribution in [0.4, 0.5) is 11.4 Å². The summed E-state index contributed by atoms with van der Waals surface area (Å²) in [5.74, 6) is -0.349. The summed E-state index contributed by atoms with van der Waals surface area (Å²) >= 11 is 12.3. The highest BCUT2D eigenvalue weighted by Gasteiger charge is 2.41. The zero-order valence-electron chi connectivity index (χ0n) is 43.2. The lowest BCUT2D eigenvalue weighted by Crippen LogP contribution is -2.38. The monoisotopic (exact) mass is 1070 g/mol. The molecule has 3 aliphatic heterocycles. The Bertz CT molecular complexity index is 3940. The molecule has 3 aromatic heterocycles. The Morgan fingerprint density at radius 3 is 1.52 bits per heavy atom. The van der Waals surface area contributed by atoms with Gasteiger partial charge < -0.3 is 10.6 Å². The topological polar surface area (TPSA) is 139 Å². The lowest BCUT2D eigenvalue weighted by Gasteiger charge is -2.37. The number of nitrogens with one attached hydrogen (secondary N) is 2. The molecular formula is C66H51Cl2N9O2. The first-order valence-corrected chi connectivity index (χ1v) is 26.9. The number of hydrogen-bond donors (Lipinski definition) is 2. The van der Waals surface area contributed by atoms with Crippen molar-refractivity contribution in [2.45, 2.75) is 50.9 Å². The molecule has 386 valence electrons. The van der Waals surface area contributed by atoms with E-state index in [0.717, 1.165) is 89.3 Å². The predicted molar refractivity (Wildman–Crippen MR) is 315 cm³/mol. The van der Waals surface area contributed by atoms with Crippen LogP contribution < -0.4 is 10.6 Å². The molecule has 0 unspecified atom stereocenters. The lowest BCUT2D eigenvalue weighted by atomic mass is 9.77. The van der Waals surface area contributed by atoms with Gasteiger partial charge in [-0.05, 0) is 125 Å². The predicted octanol–water partition coefficient (Wildman–Crippen LogP) is 13.7. The van der Waals surface area contributed by atoms with Crippen LogP contribution in [-0.2, 0) is 34.5 Å². The van der Waals surface area contributed by atoms with Crippen LogP contribution >= 0.6 is 23.2 Å². The average molecular weight is 1070 g/mol. The Morgan fingerprint density at radius 1 is 0.532 bits per heavy atom. The molecule has 0 bridgehead atoms. The zero-order chi connectivity index (χ0) is 54.0. The molecule has 0 radical (unpaired) electrons. The standard InChI is InChI=1S/C42H32ClN5O.C24H19ClN4O/c1-28(30-12-11-19-35(43)24-30)45-41(49)38-25-31-26-39-36(27-37(31)46-38)40(29-20-22-44-23-21-29)47-48(39)42(32-13-5-2-6-14-32,33-15-7-3-8-16-33)34-17-9-4-10-18-34;1-14(16-3-2-4-19(25)10-16)28-24(30)22-11-17-9-18-13-27-23(15-5-7-26-8-6-15)20(18)12-21(17)29-22/h2-24,26-28H,25H2,1H3,(H,45,49);2-10,12,14H,11,13H2,1H3,(H,28,30)/t28-;14-/m11/s1. The number of hydrogen-bond acceptors (Lipinski definition) is 8. The van der Waals surface area contributed by atoms with Gasteiger partial charge in [0, 0.05) is 69.8 Å². The highest BCUT2D eigenvalue weighted by Crippen LogP contribution is 2.46. The minimum Gasteiger partial charge on any atom is -0.344 e. The van der Waals surface area contributed by atoms with Crippen molar-refractivity contribution in [1.82, 2.24) is 30.4 Å². The molecule has 2 atom stereocenters. The van der Waals surface area contributed by atoms with Crippen molar-refractivity contribution >= 4 is 74.4 Å². The number of benzene rings is 7. The van der Waals surface area contributed by atoms with Crippen LogP contribution in [0, 0.1) is 0 Å². The summed E-state index contributed by atoms with van der Waals surface area (Å²) in [6.07, 6.45) is 8.05. The third-order valence-corrected chi connectivity index (χ3v) is 15.3. The Balaban J connectivity index is 0.000000177. The molecule has 7 aromatic carbocycles. The van der Waals surface area contributed by atoms with Crippen molar-refractivity contribution in [3.63, 3.8) is 0 Å². The lowest BCUT2D eigenvalue weighted by molar-refractivity contribution is -0.116. The van der Waals surface area contributed by atoms with E-state index in [0.29, 0.717) is 40.9 Å². The summed E-state index contributed by atoms with van der Waals surface area (Å²) in [5, 5.41) is 13.9. The van der Waals surface area contributed by atoms with Crippen molar-refractivity contribution < 1.29 is 9.59 Å². The maximum Gasteiger partial charge on any atom is 0.266 e. The van der Waals surface area contributed by atoms with Crippen molar-refractivity contribution in [1.29, 1.82) is 0 Å². The number of amides is 2. The number of carbonyl (C=O) groups is 2. The summed E-state index contributed by atoms with van der Waals surface area (Å²) in [7, 11) is 0. The Hall–Kier alpha value is -9.16. The maximum absolute atomic E-state index is 13.6. The van der Waals surface area contributed by atoms with E-state index in [1.54, 1.807) is 24.8 Å². The number of fused-ring (bicyclic) bond motifs is 4. The molecule has 2 amide bonds. The van der Waals surface area contributed by atoms with Crippen LogP contribution in [-0.4, -0.2) is 48.7 Å². The molecule has 10 aromatic rings. The van der Waals surface area contributed by atoms with Crippen LogP contribution in [0.15, 0.2) is 228 Å². The fraction of sp³-hybridized carbons (Fsp3) is 0.121. The van der Waals surface area contributed by atoms with Gasteiger partial charge in [-0.1, -0.05) is 145 Å². The van der Waals surface area contributed by atoms with E-state index in [-0.39, 0.29) is 23.9 Å². The van der Waals surface area contributed by atoms with Crippen molar-refractivity contribution in [2.75, 3.05) is 0 Å². The molecular weight excluding hydrogens is 1020 g/mol. The van der Waals surface area contributed by atoms with Gasteiger partial charge in [0.25, 0.3) is 11.8 Å². The van der Waals surface area contributed by atoms with Crippen LogP contribution in [0.3, 0.4) is 0 Å². The first-order chi connectivity index (χ1) is 38.6. The summed E-state index contributed by atoms with van der Waals surface area (Å²) in [6.45, 7) is 4.54. The zero-order valence-corrected chi connectivity index (χ0v) is 44.7. The van der Waals surface area contributed by atoms with Gasteiger partial charge in [0.1, 0.15) is 22.7 Å². The van der Waals surface area contributed by atoms with Gasteiger partial charge in [-0.3, -0.25) is 24.5 Å². The van der Waals surface area contributed by atoms with E-state index in [1.165, 1.54) is 5.56 Å². The molecule has 6 heterocycles. The van der Waals surface area contributed by atoms with Crippen LogP contribution in [0.25, 0.3) is 22.2 Å². The number of halogens is 2. The minimum atomic E-state index is -0.826. The first kappa shape index (κ1) is 50.6. The van der Waals surface area contributed by atoms with Crippen molar-refractivity contribution in [3.8, 4) is 11.3 Å². The Labute approximate surface area is 467 Å². The van der Waals surface area contributed by atoms with E-state index in [1.807, 2.05) is 105 Å². The number of aromatic nitrogens is 4. The normalized spacial score (nSPS) is 13.9. The molecule has 79 heavy (non-hydrogen) atoms. The second-order valence-corrected chi connectivity index (χ2v) is 20.7. The molecule has 13 heteroatoms. The molecule has 0 aliphatic carbocycles. The van der Waals surface area contributed by atoms with Crippen LogP contribution in [0.1, 0.15) is 81.6 Å². The number of rotatable bonds is 12. The fourth-order valence-corrected chi connectivity index (χ4v) is 11.3. The van der Waals surface area contributed by atoms with Gasteiger partial charge in [-0.15, -0.1) is 0 Å². The average Bonchev–Trinajstić information content (AvgIpc) is 4.49. The number of aliphatic imine (C=N–C) groups is 3. The molecule has 0 saturated heterocycles. The quantitative estimate of drug-likeness (QED) is 0.117. The highest BCUT2D eigenvalue weighted by molar-refractivity contribution is 6.41. The molecule has 0 saturated carbocycles. The maximum atomic E-state index is 13.6. The van der Waals surface area contributed by atoms with Crippen LogP contribution in [0.5, 0.6) is 0 Å². The van der Waals surface area contributed by atoms with Gasteiger partial charge in [-0.25, -0.2) is 14.7 Å². The fourth-order valence-electron chi connectivity index (χ4n) is 10.9. The molecule has 11 nitrogen and oxygen atoms in total. The van der Waals surface area contributed by atoms with Gasteiger partial charge in [-0.2, -0.15) is 5.10 Å². The largest absolute Gasteiger partial charge is 0.344 e. The van der Waals surface area contributed by atoms with Crippen LogP contribution in [0.2, 0.25) is 10.0 Å². The van der Waals surface area contributed by atoms with E-state index in [4.69, 9.17) is 38.3 Å². The van der Waals surface area contributed by atoms with Gasteiger partial charge in [0.2, 0.25) is 0 Å². The minimum absolute atomic E-state index is 0.151.